The van der Waals surface area contributed by atoms with Crippen molar-refractivity contribution in [3.63, 3.8) is 0 Å². The number of amides is 1. The van der Waals surface area contributed by atoms with Crippen molar-refractivity contribution in [2.45, 2.75) is 25.7 Å². The van der Waals surface area contributed by atoms with Gasteiger partial charge in [0.15, 0.2) is 0 Å². The number of carbonyl (C=O) groups is 1. The average molecular weight is 214 g/mol. The van der Waals surface area contributed by atoms with E-state index < -0.39 is 0 Å². The smallest absolute Gasteiger partial charge is 0.220 e. The third-order valence-corrected chi connectivity index (χ3v) is 2.74. The van der Waals surface area contributed by atoms with Crippen LogP contribution in [0, 0.1) is 5.92 Å². The molecule has 1 amide bonds. The molecule has 0 radical (unpaired) electrons. The van der Waals surface area contributed by atoms with E-state index in [2.05, 4.69) is 10.6 Å². The Kier molecular flexibility index (Phi) is 6.36. The van der Waals surface area contributed by atoms with Crippen molar-refractivity contribution in [2.75, 3.05) is 33.4 Å². The van der Waals surface area contributed by atoms with Crippen molar-refractivity contribution < 1.29 is 9.53 Å². The number of piperidine rings is 1. The molecule has 1 fully saturated rings. The van der Waals surface area contributed by atoms with Gasteiger partial charge in [0.25, 0.3) is 0 Å². The number of hydrogen-bond acceptors (Lipinski definition) is 3. The Morgan fingerprint density at radius 3 is 3.13 bits per heavy atom. The summed E-state index contributed by atoms with van der Waals surface area (Å²) < 4.78 is 4.90. The highest BCUT2D eigenvalue weighted by Gasteiger charge is 2.13. The number of hydrogen-bond donors (Lipinski definition) is 2. The fourth-order valence-electron chi connectivity index (χ4n) is 1.82. The van der Waals surface area contributed by atoms with E-state index >= 15 is 0 Å². The number of nitrogens with one attached hydrogen (secondary N) is 2. The van der Waals surface area contributed by atoms with Crippen molar-refractivity contribution in [1.29, 1.82) is 0 Å². The standard InChI is InChI=1S/C11H22N2O2/c1-15-7-3-5-11(14)13-9-10-4-2-6-12-8-10/h10,12H,2-9H2,1H3,(H,13,14). The van der Waals surface area contributed by atoms with Crippen molar-refractivity contribution in [3.05, 3.63) is 0 Å². The van der Waals surface area contributed by atoms with Crippen molar-refractivity contribution in [2.24, 2.45) is 5.92 Å². The van der Waals surface area contributed by atoms with Gasteiger partial charge >= 0.3 is 0 Å². The molecule has 1 saturated heterocycles. The molecular formula is C11H22N2O2. The van der Waals surface area contributed by atoms with Gasteiger partial charge < -0.3 is 15.4 Å². The molecule has 0 aromatic rings. The van der Waals surface area contributed by atoms with Crippen LogP contribution in [-0.2, 0) is 9.53 Å². The first-order valence-electron chi connectivity index (χ1n) is 5.79. The highest BCUT2D eigenvalue weighted by Crippen LogP contribution is 2.08. The Balaban J connectivity index is 2.00. The molecule has 1 unspecified atom stereocenters. The monoisotopic (exact) mass is 214 g/mol. The number of rotatable bonds is 6. The second kappa shape index (κ2) is 7.65. The fourth-order valence-corrected chi connectivity index (χ4v) is 1.82. The van der Waals surface area contributed by atoms with Gasteiger partial charge in [-0.3, -0.25) is 4.79 Å². The molecular weight excluding hydrogens is 192 g/mol. The van der Waals surface area contributed by atoms with Gasteiger partial charge in [-0.15, -0.1) is 0 Å². The van der Waals surface area contributed by atoms with Crippen molar-refractivity contribution in [1.82, 2.24) is 10.6 Å². The summed E-state index contributed by atoms with van der Waals surface area (Å²) in [6.45, 7) is 3.65. The molecule has 4 heteroatoms. The van der Waals surface area contributed by atoms with Crippen LogP contribution >= 0.6 is 0 Å². The first kappa shape index (κ1) is 12.5. The van der Waals surface area contributed by atoms with Gasteiger partial charge in [0.1, 0.15) is 0 Å². The van der Waals surface area contributed by atoms with E-state index in [0.29, 0.717) is 18.9 Å². The van der Waals surface area contributed by atoms with Gasteiger partial charge in [0, 0.05) is 26.7 Å². The van der Waals surface area contributed by atoms with E-state index in [1.807, 2.05) is 0 Å². The van der Waals surface area contributed by atoms with Crippen LogP contribution in [0.15, 0.2) is 0 Å². The molecule has 0 aromatic heterocycles. The van der Waals surface area contributed by atoms with E-state index in [4.69, 9.17) is 4.74 Å². The van der Waals surface area contributed by atoms with E-state index in [9.17, 15) is 4.79 Å². The van der Waals surface area contributed by atoms with Crippen LogP contribution in [0.25, 0.3) is 0 Å². The maximum absolute atomic E-state index is 11.4. The predicted octanol–water partition coefficient (Wildman–Crippen LogP) is 0.529. The molecule has 1 atom stereocenters. The Bertz CT molecular complexity index is 179. The molecule has 1 heterocycles. The Labute approximate surface area is 91.8 Å². The summed E-state index contributed by atoms with van der Waals surface area (Å²) in [5.41, 5.74) is 0. The lowest BCUT2D eigenvalue weighted by molar-refractivity contribution is -0.121. The summed E-state index contributed by atoms with van der Waals surface area (Å²) in [5.74, 6) is 0.766. The highest BCUT2D eigenvalue weighted by molar-refractivity contribution is 5.75. The SMILES string of the molecule is COCCCC(=O)NCC1CCCNC1. The molecule has 88 valence electrons. The van der Waals surface area contributed by atoms with Crippen LogP contribution in [-0.4, -0.2) is 39.3 Å². The average Bonchev–Trinajstić information content (AvgIpc) is 2.28. The van der Waals surface area contributed by atoms with Crippen LogP contribution in [0.4, 0.5) is 0 Å². The minimum atomic E-state index is 0.151. The number of carbonyl (C=O) groups excluding carboxylic acids is 1. The zero-order chi connectivity index (χ0) is 10.9. The van der Waals surface area contributed by atoms with Gasteiger partial charge in [-0.05, 0) is 38.3 Å². The first-order valence-corrected chi connectivity index (χ1v) is 5.79. The van der Waals surface area contributed by atoms with Gasteiger partial charge in [0.2, 0.25) is 5.91 Å². The Morgan fingerprint density at radius 2 is 2.47 bits per heavy atom. The summed E-state index contributed by atoms with van der Waals surface area (Å²) in [6, 6.07) is 0. The number of methoxy groups -OCH3 is 1. The van der Waals surface area contributed by atoms with Crippen LogP contribution in [0.1, 0.15) is 25.7 Å². The molecule has 1 aliphatic rings. The predicted molar refractivity (Wildman–Crippen MR) is 59.7 cm³/mol. The molecule has 0 aliphatic carbocycles. The number of ether oxygens (including phenoxy) is 1. The topological polar surface area (TPSA) is 50.4 Å². The third-order valence-electron chi connectivity index (χ3n) is 2.74. The second-order valence-electron chi connectivity index (χ2n) is 4.11. The summed E-state index contributed by atoms with van der Waals surface area (Å²) in [6.07, 6.45) is 3.84. The zero-order valence-electron chi connectivity index (χ0n) is 9.55. The Morgan fingerprint density at radius 1 is 1.60 bits per heavy atom. The van der Waals surface area contributed by atoms with Gasteiger partial charge in [0.05, 0.1) is 0 Å². The summed E-state index contributed by atoms with van der Waals surface area (Å²) in [4.78, 5) is 11.4. The van der Waals surface area contributed by atoms with Crippen LogP contribution in [0.2, 0.25) is 0 Å². The summed E-state index contributed by atoms with van der Waals surface area (Å²) in [5, 5.41) is 6.32. The molecule has 4 nitrogen and oxygen atoms in total. The van der Waals surface area contributed by atoms with E-state index in [1.165, 1.54) is 12.8 Å². The largest absolute Gasteiger partial charge is 0.385 e. The van der Waals surface area contributed by atoms with Gasteiger partial charge in [-0.25, -0.2) is 0 Å². The molecule has 0 bridgehead atoms. The second-order valence-corrected chi connectivity index (χ2v) is 4.11. The lowest BCUT2D eigenvalue weighted by atomic mass is 10.00. The van der Waals surface area contributed by atoms with E-state index in [1.54, 1.807) is 7.11 Å². The Hall–Kier alpha value is -0.610. The third kappa shape index (κ3) is 5.74. The molecule has 1 rings (SSSR count). The fraction of sp³-hybridized carbons (Fsp3) is 0.909. The summed E-state index contributed by atoms with van der Waals surface area (Å²) in [7, 11) is 1.66. The van der Waals surface area contributed by atoms with Gasteiger partial charge in [-0.2, -0.15) is 0 Å². The molecule has 2 N–H and O–H groups in total. The van der Waals surface area contributed by atoms with Crippen molar-refractivity contribution >= 4 is 5.91 Å². The highest BCUT2D eigenvalue weighted by atomic mass is 16.5. The molecule has 1 aliphatic heterocycles. The zero-order valence-corrected chi connectivity index (χ0v) is 9.55. The molecule has 15 heavy (non-hydrogen) atoms. The maximum Gasteiger partial charge on any atom is 0.220 e. The van der Waals surface area contributed by atoms with E-state index in [-0.39, 0.29) is 5.91 Å². The maximum atomic E-state index is 11.4. The normalized spacial score (nSPS) is 21.3. The van der Waals surface area contributed by atoms with E-state index in [0.717, 1.165) is 26.1 Å². The molecule has 0 saturated carbocycles. The molecule has 0 aromatic carbocycles. The summed E-state index contributed by atoms with van der Waals surface area (Å²) >= 11 is 0. The van der Waals surface area contributed by atoms with Crippen molar-refractivity contribution in [3.8, 4) is 0 Å². The minimum Gasteiger partial charge on any atom is -0.385 e. The minimum absolute atomic E-state index is 0.151. The van der Waals surface area contributed by atoms with Gasteiger partial charge in [-0.1, -0.05) is 0 Å². The van der Waals surface area contributed by atoms with Crippen LogP contribution in [0.3, 0.4) is 0 Å². The lowest BCUT2D eigenvalue weighted by Crippen LogP contribution is -2.38. The van der Waals surface area contributed by atoms with Crippen LogP contribution < -0.4 is 10.6 Å². The van der Waals surface area contributed by atoms with Crippen LogP contribution in [0.5, 0.6) is 0 Å². The quantitative estimate of drug-likeness (QED) is 0.634. The lowest BCUT2D eigenvalue weighted by Gasteiger charge is -2.22. The first-order chi connectivity index (χ1) is 7.33. The molecule has 0 spiro atoms.